The van der Waals surface area contributed by atoms with Crippen LogP contribution >= 0.6 is 0 Å². The predicted molar refractivity (Wildman–Crippen MR) is 85.9 cm³/mol. The lowest BCUT2D eigenvalue weighted by Crippen LogP contribution is -2.39. The Kier molecular flexibility index (Phi) is 5.50. The van der Waals surface area contributed by atoms with E-state index in [9.17, 15) is 0 Å². The zero-order chi connectivity index (χ0) is 15.4. The molecular formula is C17H29N3O2. The number of nitrogens with zero attached hydrogens (tertiary/aromatic N) is 3. The normalized spacial score (nSPS) is 28.1. The van der Waals surface area contributed by atoms with E-state index in [4.69, 9.17) is 9.84 Å². The van der Waals surface area contributed by atoms with E-state index in [0.29, 0.717) is 18.6 Å². The van der Waals surface area contributed by atoms with Gasteiger partial charge in [0.15, 0.2) is 0 Å². The van der Waals surface area contributed by atoms with E-state index in [1.165, 1.54) is 51.0 Å². The maximum Gasteiger partial charge on any atom is 0.0644 e. The molecule has 2 atom stereocenters. The number of hydrogen-bond donors (Lipinski definition) is 1. The van der Waals surface area contributed by atoms with Crippen LogP contribution in [0.5, 0.6) is 0 Å². The van der Waals surface area contributed by atoms with Crippen molar-refractivity contribution in [1.82, 2.24) is 14.7 Å². The molecule has 0 amide bonds. The van der Waals surface area contributed by atoms with Gasteiger partial charge >= 0.3 is 0 Å². The molecule has 2 fully saturated rings. The third-order valence-corrected chi connectivity index (χ3v) is 5.18. The first-order valence-electron chi connectivity index (χ1n) is 8.72. The molecule has 0 bridgehead atoms. The Balaban J connectivity index is 1.48. The lowest BCUT2D eigenvalue weighted by Gasteiger charge is -2.36. The zero-order valence-electron chi connectivity index (χ0n) is 13.7. The number of ether oxygens (including phenoxy) is 1. The van der Waals surface area contributed by atoms with E-state index >= 15 is 0 Å². The van der Waals surface area contributed by atoms with Gasteiger partial charge in [-0.2, -0.15) is 5.10 Å². The molecular weight excluding hydrogens is 278 g/mol. The second-order valence-corrected chi connectivity index (χ2v) is 6.85. The van der Waals surface area contributed by atoms with Gasteiger partial charge in [0.1, 0.15) is 0 Å². The molecule has 0 aliphatic carbocycles. The molecule has 124 valence electrons. The number of aromatic nitrogens is 2. The maximum absolute atomic E-state index is 9.13. The molecule has 22 heavy (non-hydrogen) atoms. The summed E-state index contributed by atoms with van der Waals surface area (Å²) in [5.41, 5.74) is 1.30. The highest BCUT2D eigenvalue weighted by atomic mass is 16.5. The van der Waals surface area contributed by atoms with Gasteiger partial charge in [-0.05, 0) is 57.7 Å². The van der Waals surface area contributed by atoms with Crippen molar-refractivity contribution in [2.45, 2.75) is 51.2 Å². The van der Waals surface area contributed by atoms with Crippen molar-refractivity contribution < 1.29 is 9.84 Å². The molecule has 1 aromatic rings. The fourth-order valence-corrected chi connectivity index (χ4v) is 4.00. The second-order valence-electron chi connectivity index (χ2n) is 6.85. The minimum absolute atomic E-state index is 0.162. The molecule has 0 spiro atoms. The summed E-state index contributed by atoms with van der Waals surface area (Å²) in [5, 5.41) is 13.5. The summed E-state index contributed by atoms with van der Waals surface area (Å²) in [6, 6.07) is 2.12. The van der Waals surface area contributed by atoms with E-state index in [1.807, 2.05) is 10.9 Å². The summed E-state index contributed by atoms with van der Waals surface area (Å²) in [7, 11) is 0. The minimum atomic E-state index is 0.162. The molecule has 1 N–H and O–H groups in total. The summed E-state index contributed by atoms with van der Waals surface area (Å²) in [6.07, 6.45) is 7.13. The standard InChI is InChI=1S/C17H29N3O2/c1-14-12-15(5-11-22-14)13-19-7-3-16(4-8-19)17-2-6-18-20(17)9-10-21/h2,6,14-16,21H,3-5,7-13H2,1H3. The van der Waals surface area contributed by atoms with Crippen molar-refractivity contribution >= 4 is 0 Å². The first-order valence-corrected chi connectivity index (χ1v) is 8.72. The van der Waals surface area contributed by atoms with E-state index in [2.05, 4.69) is 23.0 Å². The summed E-state index contributed by atoms with van der Waals surface area (Å²) in [4.78, 5) is 2.63. The van der Waals surface area contributed by atoms with Gasteiger partial charge < -0.3 is 14.7 Å². The SMILES string of the molecule is CC1CC(CN2CCC(c3ccnn3CCO)CC2)CCO1. The lowest BCUT2D eigenvalue weighted by atomic mass is 9.91. The van der Waals surface area contributed by atoms with Crippen molar-refractivity contribution in [3.8, 4) is 0 Å². The van der Waals surface area contributed by atoms with Crippen molar-refractivity contribution in [1.29, 1.82) is 0 Å². The molecule has 0 aromatic carbocycles. The Hall–Kier alpha value is -0.910. The Bertz CT molecular complexity index is 455. The zero-order valence-corrected chi connectivity index (χ0v) is 13.7. The molecule has 1 aromatic heterocycles. The monoisotopic (exact) mass is 307 g/mol. The van der Waals surface area contributed by atoms with E-state index < -0.39 is 0 Å². The fourth-order valence-electron chi connectivity index (χ4n) is 4.00. The molecule has 2 aliphatic rings. The van der Waals surface area contributed by atoms with Crippen LogP contribution in [-0.2, 0) is 11.3 Å². The highest BCUT2D eigenvalue weighted by Crippen LogP contribution is 2.29. The molecule has 3 rings (SSSR count). The number of rotatable bonds is 5. The van der Waals surface area contributed by atoms with Crippen molar-refractivity contribution in [3.05, 3.63) is 18.0 Å². The van der Waals surface area contributed by atoms with Crippen LogP contribution in [0.25, 0.3) is 0 Å². The van der Waals surface area contributed by atoms with Crippen molar-refractivity contribution in [2.75, 3.05) is 32.8 Å². The van der Waals surface area contributed by atoms with Gasteiger partial charge in [0.25, 0.3) is 0 Å². The Morgan fingerprint density at radius 3 is 2.86 bits per heavy atom. The fraction of sp³-hybridized carbons (Fsp3) is 0.824. The third kappa shape index (κ3) is 3.89. The topological polar surface area (TPSA) is 50.5 Å². The van der Waals surface area contributed by atoms with Gasteiger partial charge in [-0.25, -0.2) is 0 Å². The summed E-state index contributed by atoms with van der Waals surface area (Å²) < 4.78 is 7.62. The van der Waals surface area contributed by atoms with Crippen LogP contribution in [0, 0.1) is 5.92 Å². The van der Waals surface area contributed by atoms with Gasteiger partial charge in [-0.15, -0.1) is 0 Å². The average molecular weight is 307 g/mol. The molecule has 0 saturated carbocycles. The summed E-state index contributed by atoms with van der Waals surface area (Å²) >= 11 is 0. The Morgan fingerprint density at radius 2 is 2.14 bits per heavy atom. The average Bonchev–Trinajstić information content (AvgIpc) is 2.97. The lowest BCUT2D eigenvalue weighted by molar-refractivity contribution is -0.00726. The van der Waals surface area contributed by atoms with Crippen LogP contribution in [0.15, 0.2) is 12.3 Å². The number of aliphatic hydroxyl groups is 1. The van der Waals surface area contributed by atoms with Gasteiger partial charge in [0.2, 0.25) is 0 Å². The van der Waals surface area contributed by atoms with Crippen LogP contribution in [0.2, 0.25) is 0 Å². The van der Waals surface area contributed by atoms with E-state index in [-0.39, 0.29) is 6.61 Å². The number of piperidine rings is 1. The molecule has 2 unspecified atom stereocenters. The van der Waals surface area contributed by atoms with Crippen LogP contribution in [0.1, 0.15) is 44.2 Å². The highest BCUT2D eigenvalue weighted by Gasteiger charge is 2.26. The summed E-state index contributed by atoms with van der Waals surface area (Å²) in [6.45, 7) is 7.50. The number of hydrogen-bond acceptors (Lipinski definition) is 4. The summed E-state index contributed by atoms with van der Waals surface area (Å²) in [5.74, 6) is 1.40. The first-order chi connectivity index (χ1) is 10.8. The predicted octanol–water partition coefficient (Wildman–Crippen LogP) is 1.87. The molecule has 2 saturated heterocycles. The Labute approximate surface area is 133 Å². The van der Waals surface area contributed by atoms with Gasteiger partial charge in [-0.3, -0.25) is 4.68 Å². The van der Waals surface area contributed by atoms with Gasteiger partial charge in [0, 0.05) is 31.0 Å². The molecule has 0 radical (unpaired) electrons. The maximum atomic E-state index is 9.13. The molecule has 5 nitrogen and oxygen atoms in total. The van der Waals surface area contributed by atoms with E-state index in [0.717, 1.165) is 12.5 Å². The smallest absolute Gasteiger partial charge is 0.0644 e. The molecule has 2 aliphatic heterocycles. The second kappa shape index (κ2) is 7.57. The highest BCUT2D eigenvalue weighted by molar-refractivity contribution is 5.09. The quantitative estimate of drug-likeness (QED) is 0.902. The van der Waals surface area contributed by atoms with Crippen molar-refractivity contribution in [3.63, 3.8) is 0 Å². The van der Waals surface area contributed by atoms with Gasteiger partial charge in [0.05, 0.1) is 19.3 Å². The third-order valence-electron chi connectivity index (χ3n) is 5.18. The number of aliphatic hydroxyl groups excluding tert-OH is 1. The first kappa shape index (κ1) is 16.0. The van der Waals surface area contributed by atoms with Crippen LogP contribution in [-0.4, -0.2) is 58.7 Å². The Morgan fingerprint density at radius 1 is 1.32 bits per heavy atom. The number of likely N-dealkylation sites (tertiary alicyclic amines) is 1. The largest absolute Gasteiger partial charge is 0.394 e. The van der Waals surface area contributed by atoms with Crippen molar-refractivity contribution in [2.24, 2.45) is 5.92 Å². The van der Waals surface area contributed by atoms with Crippen LogP contribution in [0.4, 0.5) is 0 Å². The molecule has 5 heteroatoms. The molecule has 3 heterocycles. The minimum Gasteiger partial charge on any atom is -0.394 e. The van der Waals surface area contributed by atoms with Crippen LogP contribution in [0.3, 0.4) is 0 Å². The van der Waals surface area contributed by atoms with Gasteiger partial charge in [-0.1, -0.05) is 0 Å². The van der Waals surface area contributed by atoms with E-state index in [1.54, 1.807) is 0 Å². The van der Waals surface area contributed by atoms with Crippen LogP contribution < -0.4 is 0 Å².